The third kappa shape index (κ3) is 2.06. The summed E-state index contributed by atoms with van der Waals surface area (Å²) in [5.74, 6) is 0.295. The first-order chi connectivity index (χ1) is 9.68. The lowest BCUT2D eigenvalue weighted by Gasteiger charge is -2.06. The normalized spacial score (nSPS) is 10.7. The molecule has 2 N–H and O–H groups in total. The van der Waals surface area contributed by atoms with E-state index in [1.54, 1.807) is 0 Å². The molecule has 1 heterocycles. The number of nitrogens with two attached hydrogens (primary N) is 1. The summed E-state index contributed by atoms with van der Waals surface area (Å²) in [4.78, 5) is 0. The zero-order chi connectivity index (χ0) is 14.1. The van der Waals surface area contributed by atoms with Gasteiger partial charge in [-0.25, -0.2) is 0 Å². The number of hydrogen-bond acceptors (Lipinski definition) is 3. The molecule has 0 aliphatic heterocycles. The second kappa shape index (κ2) is 5.02. The van der Waals surface area contributed by atoms with Crippen LogP contribution >= 0.6 is 11.6 Å². The van der Waals surface area contributed by atoms with Gasteiger partial charge in [0.25, 0.3) is 0 Å². The van der Waals surface area contributed by atoms with Crippen molar-refractivity contribution in [3.8, 4) is 22.4 Å². The Balaban J connectivity index is 2.24. The van der Waals surface area contributed by atoms with E-state index in [2.05, 4.69) is 5.16 Å². The molecular formula is C16H13ClN2O. The minimum atomic E-state index is 0.295. The van der Waals surface area contributed by atoms with Crippen molar-refractivity contribution in [1.82, 2.24) is 5.16 Å². The van der Waals surface area contributed by atoms with Gasteiger partial charge in [0, 0.05) is 5.56 Å². The average molecular weight is 285 g/mol. The van der Waals surface area contributed by atoms with E-state index in [-0.39, 0.29) is 0 Å². The van der Waals surface area contributed by atoms with E-state index in [1.807, 2.05) is 55.5 Å². The predicted molar refractivity (Wildman–Crippen MR) is 81.5 cm³/mol. The number of benzene rings is 2. The lowest BCUT2D eigenvalue weighted by atomic mass is 10.00. The molecule has 2 aromatic carbocycles. The third-order valence-corrected chi connectivity index (χ3v) is 3.73. The number of nitrogen functional groups attached to an aromatic ring is 1. The van der Waals surface area contributed by atoms with Gasteiger partial charge in [0.05, 0.1) is 10.6 Å². The van der Waals surface area contributed by atoms with E-state index in [9.17, 15) is 0 Å². The Morgan fingerprint density at radius 1 is 1.05 bits per heavy atom. The van der Waals surface area contributed by atoms with E-state index in [4.69, 9.17) is 21.9 Å². The molecule has 4 heteroatoms. The van der Waals surface area contributed by atoms with Crippen molar-refractivity contribution in [1.29, 1.82) is 0 Å². The van der Waals surface area contributed by atoms with Crippen molar-refractivity contribution in [3.63, 3.8) is 0 Å². The zero-order valence-electron chi connectivity index (χ0n) is 10.9. The second-order valence-electron chi connectivity index (χ2n) is 4.57. The summed E-state index contributed by atoms with van der Waals surface area (Å²) in [6.07, 6.45) is 0. The highest BCUT2D eigenvalue weighted by Crippen LogP contribution is 2.39. The van der Waals surface area contributed by atoms with Gasteiger partial charge in [-0.2, -0.15) is 0 Å². The Kier molecular flexibility index (Phi) is 3.20. The number of aryl methyl sites for hydroxylation is 1. The lowest BCUT2D eigenvalue weighted by molar-refractivity contribution is 0.439. The van der Waals surface area contributed by atoms with Gasteiger partial charge >= 0.3 is 0 Å². The standard InChI is InChI=1S/C16H13ClN2O/c1-10-6-5-9-12(14(10)17)15-13(16(18)20-19-15)11-7-3-2-4-8-11/h2-9H,18H2,1H3. The maximum atomic E-state index is 6.37. The van der Waals surface area contributed by atoms with E-state index in [0.29, 0.717) is 16.6 Å². The minimum absolute atomic E-state index is 0.295. The maximum absolute atomic E-state index is 6.37. The molecule has 20 heavy (non-hydrogen) atoms. The summed E-state index contributed by atoms with van der Waals surface area (Å²) >= 11 is 6.37. The Morgan fingerprint density at radius 2 is 1.80 bits per heavy atom. The number of aromatic nitrogens is 1. The first-order valence-corrected chi connectivity index (χ1v) is 6.62. The quantitative estimate of drug-likeness (QED) is 0.751. The molecule has 0 aliphatic carbocycles. The van der Waals surface area contributed by atoms with E-state index >= 15 is 0 Å². The first-order valence-electron chi connectivity index (χ1n) is 6.24. The molecular weight excluding hydrogens is 272 g/mol. The second-order valence-corrected chi connectivity index (χ2v) is 4.95. The molecule has 0 saturated carbocycles. The molecule has 0 fully saturated rings. The Morgan fingerprint density at radius 3 is 2.55 bits per heavy atom. The Bertz CT molecular complexity index is 750. The molecule has 0 aliphatic rings. The molecule has 0 amide bonds. The molecule has 0 atom stereocenters. The number of nitrogens with zero attached hydrogens (tertiary/aromatic N) is 1. The molecule has 3 rings (SSSR count). The van der Waals surface area contributed by atoms with E-state index in [0.717, 1.165) is 22.3 Å². The molecule has 3 nitrogen and oxygen atoms in total. The van der Waals surface area contributed by atoms with Crippen LogP contribution in [0.25, 0.3) is 22.4 Å². The molecule has 0 bridgehead atoms. The van der Waals surface area contributed by atoms with E-state index in [1.165, 1.54) is 0 Å². The van der Waals surface area contributed by atoms with Gasteiger partial charge in [0.15, 0.2) is 0 Å². The van der Waals surface area contributed by atoms with Crippen molar-refractivity contribution in [3.05, 3.63) is 59.1 Å². The average Bonchev–Trinajstić information content (AvgIpc) is 2.84. The number of hydrogen-bond donors (Lipinski definition) is 1. The van der Waals surface area contributed by atoms with Crippen molar-refractivity contribution in [2.75, 3.05) is 5.73 Å². The van der Waals surface area contributed by atoms with Crippen molar-refractivity contribution >= 4 is 17.5 Å². The van der Waals surface area contributed by atoms with Crippen LogP contribution in [0.5, 0.6) is 0 Å². The molecule has 1 aromatic heterocycles. The topological polar surface area (TPSA) is 52.0 Å². The third-order valence-electron chi connectivity index (χ3n) is 3.23. The molecule has 0 radical (unpaired) electrons. The molecule has 100 valence electrons. The Hall–Kier alpha value is -2.26. The summed E-state index contributed by atoms with van der Waals surface area (Å²) in [6, 6.07) is 15.6. The van der Waals surface area contributed by atoms with Gasteiger partial charge in [0.2, 0.25) is 5.88 Å². The fraction of sp³-hybridized carbons (Fsp3) is 0.0625. The molecule has 0 spiro atoms. The molecule has 0 saturated heterocycles. The van der Waals surface area contributed by atoms with Crippen LogP contribution in [0, 0.1) is 6.92 Å². The molecule has 3 aromatic rings. The van der Waals surface area contributed by atoms with Crippen LogP contribution in [-0.2, 0) is 0 Å². The van der Waals surface area contributed by atoms with Crippen LogP contribution in [0.3, 0.4) is 0 Å². The summed E-state index contributed by atoms with van der Waals surface area (Å²) in [5.41, 5.74) is 10.1. The van der Waals surface area contributed by atoms with Crippen molar-refractivity contribution < 1.29 is 4.52 Å². The highest BCUT2D eigenvalue weighted by Gasteiger charge is 2.19. The Labute approximate surface area is 122 Å². The smallest absolute Gasteiger partial charge is 0.230 e. The summed E-state index contributed by atoms with van der Waals surface area (Å²) in [6.45, 7) is 1.96. The van der Waals surface area contributed by atoms with Crippen molar-refractivity contribution in [2.45, 2.75) is 6.92 Å². The summed E-state index contributed by atoms with van der Waals surface area (Å²) in [7, 11) is 0. The monoisotopic (exact) mass is 284 g/mol. The van der Waals surface area contributed by atoms with Gasteiger partial charge in [-0.05, 0) is 18.1 Å². The fourth-order valence-electron chi connectivity index (χ4n) is 2.20. The van der Waals surface area contributed by atoms with Gasteiger partial charge < -0.3 is 10.3 Å². The summed E-state index contributed by atoms with van der Waals surface area (Å²) < 4.78 is 5.17. The summed E-state index contributed by atoms with van der Waals surface area (Å²) in [5, 5.41) is 4.74. The number of rotatable bonds is 2. The van der Waals surface area contributed by atoms with Gasteiger partial charge in [-0.1, -0.05) is 65.3 Å². The number of halogens is 1. The minimum Gasteiger partial charge on any atom is -0.367 e. The number of anilines is 1. The highest BCUT2D eigenvalue weighted by atomic mass is 35.5. The van der Waals surface area contributed by atoms with Crippen LogP contribution in [0.1, 0.15) is 5.56 Å². The highest BCUT2D eigenvalue weighted by molar-refractivity contribution is 6.34. The van der Waals surface area contributed by atoms with Crippen LogP contribution < -0.4 is 5.73 Å². The van der Waals surface area contributed by atoms with Gasteiger partial charge in [-0.3, -0.25) is 0 Å². The molecule has 0 unspecified atom stereocenters. The largest absolute Gasteiger partial charge is 0.367 e. The lowest BCUT2D eigenvalue weighted by Crippen LogP contribution is -1.89. The fourth-order valence-corrected chi connectivity index (χ4v) is 2.42. The van der Waals surface area contributed by atoms with E-state index < -0.39 is 0 Å². The van der Waals surface area contributed by atoms with Crippen LogP contribution in [0.4, 0.5) is 5.88 Å². The van der Waals surface area contributed by atoms with Crippen LogP contribution in [-0.4, -0.2) is 5.16 Å². The first kappa shape index (κ1) is 12.8. The van der Waals surface area contributed by atoms with Crippen molar-refractivity contribution in [2.24, 2.45) is 0 Å². The van der Waals surface area contributed by atoms with Gasteiger partial charge in [0.1, 0.15) is 5.69 Å². The maximum Gasteiger partial charge on any atom is 0.230 e. The SMILES string of the molecule is Cc1cccc(-c2noc(N)c2-c2ccccc2)c1Cl. The van der Waals surface area contributed by atoms with Crippen LogP contribution in [0.2, 0.25) is 5.02 Å². The zero-order valence-corrected chi connectivity index (χ0v) is 11.7. The van der Waals surface area contributed by atoms with Crippen LogP contribution in [0.15, 0.2) is 53.1 Å². The van der Waals surface area contributed by atoms with Gasteiger partial charge in [-0.15, -0.1) is 0 Å². The predicted octanol–water partition coefficient (Wildman–Crippen LogP) is 4.55.